The number of benzene rings is 1. The number of rotatable bonds is 3. The van der Waals surface area contributed by atoms with Gasteiger partial charge in [0.1, 0.15) is 17.5 Å². The lowest BCUT2D eigenvalue weighted by Gasteiger charge is -2.31. The van der Waals surface area contributed by atoms with Crippen LogP contribution in [0.25, 0.3) is 0 Å². The number of ether oxygens (including phenoxy) is 1. The third-order valence-electron chi connectivity index (χ3n) is 2.93. The number of nitrogens with zero attached hydrogens (tertiary/aromatic N) is 1. The van der Waals surface area contributed by atoms with Crippen LogP contribution in [0.3, 0.4) is 0 Å². The van der Waals surface area contributed by atoms with Gasteiger partial charge in [0, 0.05) is 31.8 Å². The lowest BCUT2D eigenvalue weighted by Crippen LogP contribution is -2.48. The maximum Gasteiger partial charge on any atom is 0.249 e. The molecule has 1 heterocycles. The predicted molar refractivity (Wildman–Crippen MR) is 71.1 cm³/mol. The monoisotopic (exact) mass is 346 g/mol. The molecule has 2 rings (SSSR count). The molecule has 0 amide bonds. The lowest BCUT2D eigenvalue weighted by atomic mass is 10.3. The highest BCUT2D eigenvalue weighted by Crippen LogP contribution is 2.25. The molecule has 5 nitrogen and oxygen atoms in total. The van der Waals surface area contributed by atoms with Crippen LogP contribution < -0.4 is 5.73 Å². The highest BCUT2D eigenvalue weighted by atomic mass is 35.5. The summed E-state index contributed by atoms with van der Waals surface area (Å²) < 4.78 is 70.6. The lowest BCUT2D eigenvalue weighted by molar-refractivity contribution is 0.00438. The van der Waals surface area contributed by atoms with E-state index in [0.29, 0.717) is 12.1 Å². The van der Waals surface area contributed by atoms with Crippen molar-refractivity contribution in [2.45, 2.75) is 11.0 Å². The van der Waals surface area contributed by atoms with Gasteiger partial charge in [0.25, 0.3) is 0 Å². The van der Waals surface area contributed by atoms with E-state index in [1.54, 1.807) is 0 Å². The zero-order valence-corrected chi connectivity index (χ0v) is 12.4. The van der Waals surface area contributed by atoms with Gasteiger partial charge in [-0.05, 0) is 0 Å². The summed E-state index contributed by atoms with van der Waals surface area (Å²) in [5.41, 5.74) is 5.38. The molecule has 1 aliphatic rings. The first-order valence-electron chi connectivity index (χ1n) is 5.82. The first-order chi connectivity index (χ1) is 9.36. The van der Waals surface area contributed by atoms with Gasteiger partial charge in [-0.15, -0.1) is 12.4 Å². The van der Waals surface area contributed by atoms with Crippen molar-refractivity contribution in [1.29, 1.82) is 0 Å². The molecule has 1 unspecified atom stereocenters. The number of morpholine rings is 1. The van der Waals surface area contributed by atoms with E-state index >= 15 is 0 Å². The van der Waals surface area contributed by atoms with Gasteiger partial charge in [-0.2, -0.15) is 4.31 Å². The molecule has 21 heavy (non-hydrogen) atoms. The Morgan fingerprint density at radius 1 is 1.29 bits per heavy atom. The highest BCUT2D eigenvalue weighted by Gasteiger charge is 2.34. The van der Waals surface area contributed by atoms with Gasteiger partial charge in [0.15, 0.2) is 4.90 Å². The van der Waals surface area contributed by atoms with E-state index in [-0.39, 0.29) is 38.6 Å². The van der Waals surface area contributed by atoms with Crippen LogP contribution in [0.2, 0.25) is 0 Å². The maximum atomic E-state index is 13.6. The predicted octanol–water partition coefficient (Wildman–Crippen LogP) is 0.874. The maximum absolute atomic E-state index is 13.6. The molecule has 10 heteroatoms. The average molecular weight is 347 g/mol. The molecular formula is C11H14ClF3N2O3S. The van der Waals surface area contributed by atoms with Crippen molar-refractivity contribution < 1.29 is 26.3 Å². The summed E-state index contributed by atoms with van der Waals surface area (Å²) >= 11 is 0. The molecule has 2 N–H and O–H groups in total. The topological polar surface area (TPSA) is 72.6 Å². The molecule has 0 aliphatic carbocycles. The Morgan fingerprint density at radius 3 is 2.38 bits per heavy atom. The molecule has 0 saturated carbocycles. The van der Waals surface area contributed by atoms with E-state index in [4.69, 9.17) is 10.5 Å². The molecule has 0 spiro atoms. The molecule has 1 aromatic carbocycles. The third-order valence-corrected chi connectivity index (χ3v) is 4.84. The molecule has 1 aromatic rings. The van der Waals surface area contributed by atoms with Gasteiger partial charge in [-0.3, -0.25) is 0 Å². The number of halogens is 4. The fourth-order valence-electron chi connectivity index (χ4n) is 1.96. The van der Waals surface area contributed by atoms with Gasteiger partial charge in [-0.25, -0.2) is 21.6 Å². The van der Waals surface area contributed by atoms with E-state index in [0.717, 1.165) is 4.31 Å². The molecule has 120 valence electrons. The Morgan fingerprint density at radius 2 is 1.86 bits per heavy atom. The largest absolute Gasteiger partial charge is 0.374 e. The molecule has 1 atom stereocenters. The number of hydrogen-bond acceptors (Lipinski definition) is 4. The Labute approximate surface area is 126 Å². The van der Waals surface area contributed by atoms with E-state index in [1.807, 2.05) is 0 Å². The summed E-state index contributed by atoms with van der Waals surface area (Å²) in [5.74, 6) is -4.10. The minimum Gasteiger partial charge on any atom is -0.374 e. The average Bonchev–Trinajstić information content (AvgIpc) is 2.37. The Balaban J connectivity index is 0.00000220. The van der Waals surface area contributed by atoms with Crippen LogP contribution in [0.15, 0.2) is 17.0 Å². The van der Waals surface area contributed by atoms with Gasteiger partial charge in [0.05, 0.1) is 12.7 Å². The zero-order valence-electron chi connectivity index (χ0n) is 10.8. The second-order valence-electron chi connectivity index (χ2n) is 4.29. The second-order valence-corrected chi connectivity index (χ2v) is 6.16. The van der Waals surface area contributed by atoms with Crippen LogP contribution in [0.4, 0.5) is 13.2 Å². The summed E-state index contributed by atoms with van der Waals surface area (Å²) in [4.78, 5) is -1.16. The zero-order chi connectivity index (χ0) is 14.9. The number of nitrogens with two attached hydrogens (primary N) is 1. The second kappa shape index (κ2) is 6.93. The minimum absolute atomic E-state index is 0. The van der Waals surface area contributed by atoms with E-state index in [2.05, 4.69) is 0 Å². The van der Waals surface area contributed by atoms with Crippen LogP contribution in [0, 0.1) is 17.5 Å². The summed E-state index contributed by atoms with van der Waals surface area (Å²) in [6.45, 7) is 0.0100. The van der Waals surface area contributed by atoms with Crippen LogP contribution in [0.5, 0.6) is 0 Å². The van der Waals surface area contributed by atoms with Gasteiger partial charge < -0.3 is 10.5 Å². The Bertz CT molecular complexity index is 592. The quantitative estimate of drug-likeness (QED) is 0.881. The molecule has 1 fully saturated rings. The standard InChI is InChI=1S/C11H13F3N2O3S.ClH/c12-7-3-9(13)11(10(14)4-7)20(17,18)16-1-2-19-8(5-15)6-16;/h3-4,8H,1-2,5-6,15H2;1H. The van der Waals surface area contributed by atoms with Crippen LogP contribution in [-0.2, 0) is 14.8 Å². The van der Waals surface area contributed by atoms with Crippen molar-refractivity contribution in [3.05, 3.63) is 29.6 Å². The normalized spacial score (nSPS) is 20.1. The van der Waals surface area contributed by atoms with Gasteiger partial charge in [0.2, 0.25) is 10.0 Å². The summed E-state index contributed by atoms with van der Waals surface area (Å²) in [6, 6.07) is 0.660. The smallest absolute Gasteiger partial charge is 0.249 e. The SMILES string of the molecule is Cl.NCC1CN(S(=O)(=O)c2c(F)cc(F)cc2F)CCO1. The third kappa shape index (κ3) is 3.67. The molecule has 0 bridgehead atoms. The van der Waals surface area contributed by atoms with Gasteiger partial charge in [-0.1, -0.05) is 0 Å². The number of sulfonamides is 1. The fourth-order valence-corrected chi connectivity index (χ4v) is 3.50. The van der Waals surface area contributed by atoms with Crippen molar-refractivity contribution in [2.75, 3.05) is 26.2 Å². The van der Waals surface area contributed by atoms with Crippen molar-refractivity contribution >= 4 is 22.4 Å². The van der Waals surface area contributed by atoms with Crippen molar-refractivity contribution in [3.63, 3.8) is 0 Å². The van der Waals surface area contributed by atoms with E-state index in [9.17, 15) is 21.6 Å². The molecule has 1 aliphatic heterocycles. The first kappa shape index (κ1) is 18.2. The summed E-state index contributed by atoms with van der Waals surface area (Å²) in [7, 11) is -4.40. The fraction of sp³-hybridized carbons (Fsp3) is 0.455. The molecular weight excluding hydrogens is 333 g/mol. The minimum atomic E-state index is -4.40. The van der Waals surface area contributed by atoms with E-state index in [1.165, 1.54) is 0 Å². The molecule has 0 radical (unpaired) electrons. The Kier molecular flexibility index (Phi) is 6.00. The molecule has 0 aromatic heterocycles. The van der Waals surface area contributed by atoms with Crippen LogP contribution >= 0.6 is 12.4 Å². The summed E-state index contributed by atoms with van der Waals surface area (Å²) in [6.07, 6.45) is -0.537. The van der Waals surface area contributed by atoms with Crippen LogP contribution in [0.1, 0.15) is 0 Å². The highest BCUT2D eigenvalue weighted by molar-refractivity contribution is 7.89. The van der Waals surface area contributed by atoms with E-state index < -0.39 is 38.5 Å². The molecule has 1 saturated heterocycles. The van der Waals surface area contributed by atoms with Crippen molar-refractivity contribution in [1.82, 2.24) is 4.31 Å². The summed E-state index contributed by atoms with van der Waals surface area (Å²) in [5, 5.41) is 0. The van der Waals surface area contributed by atoms with Gasteiger partial charge >= 0.3 is 0 Å². The Hall–Kier alpha value is -0.870. The number of hydrogen-bond donors (Lipinski definition) is 1. The van der Waals surface area contributed by atoms with Crippen LogP contribution in [-0.4, -0.2) is 45.1 Å². The van der Waals surface area contributed by atoms with Crippen molar-refractivity contribution in [3.8, 4) is 0 Å². The van der Waals surface area contributed by atoms with Crippen molar-refractivity contribution in [2.24, 2.45) is 5.73 Å². The first-order valence-corrected chi connectivity index (χ1v) is 7.26.